The van der Waals surface area contributed by atoms with E-state index in [0.717, 1.165) is 57.5 Å². The number of benzene rings is 1. The number of aliphatic hydroxyl groups is 1. The molecule has 1 aromatic rings. The molecule has 1 unspecified atom stereocenters. The van der Waals surface area contributed by atoms with Crippen LogP contribution in [-0.4, -0.2) is 78.6 Å². The van der Waals surface area contributed by atoms with Crippen LogP contribution in [0.5, 0.6) is 0 Å². The van der Waals surface area contributed by atoms with Gasteiger partial charge in [0.15, 0.2) is 0 Å². The topological polar surface area (TPSA) is 47.0 Å². The lowest BCUT2D eigenvalue weighted by molar-refractivity contribution is -0.133. The van der Waals surface area contributed by atoms with Crippen molar-refractivity contribution in [2.75, 3.05) is 46.9 Å². The lowest BCUT2D eigenvalue weighted by Gasteiger charge is -2.36. The van der Waals surface area contributed by atoms with Gasteiger partial charge in [0.2, 0.25) is 5.91 Å². The zero-order valence-electron chi connectivity index (χ0n) is 19.4. The van der Waals surface area contributed by atoms with Crippen molar-refractivity contribution in [1.82, 2.24) is 14.7 Å². The fourth-order valence-electron chi connectivity index (χ4n) is 4.79. The van der Waals surface area contributed by atoms with E-state index >= 15 is 0 Å². The fraction of sp³-hybridized carbons (Fsp3) is 0.654. The van der Waals surface area contributed by atoms with E-state index in [1.807, 2.05) is 11.9 Å². The number of amides is 1. The fourth-order valence-corrected chi connectivity index (χ4v) is 4.79. The first-order valence-electron chi connectivity index (χ1n) is 11.9. The molecule has 1 atom stereocenters. The molecule has 0 bridgehead atoms. The average molecular weight is 426 g/mol. The minimum Gasteiger partial charge on any atom is -0.395 e. The van der Waals surface area contributed by atoms with Gasteiger partial charge in [-0.25, -0.2) is 0 Å². The number of rotatable bonds is 7. The van der Waals surface area contributed by atoms with Crippen LogP contribution in [0.2, 0.25) is 0 Å². The van der Waals surface area contributed by atoms with E-state index in [1.165, 1.54) is 18.4 Å². The second-order valence-electron chi connectivity index (χ2n) is 9.29. The number of carbonyl (C=O) groups excluding carboxylic acids is 1. The molecule has 170 valence electrons. The van der Waals surface area contributed by atoms with Gasteiger partial charge in [-0.15, -0.1) is 0 Å². The normalized spacial score (nSPS) is 20.8. The van der Waals surface area contributed by atoms with Crippen molar-refractivity contribution in [3.05, 3.63) is 35.4 Å². The molecule has 2 aliphatic heterocycles. The summed E-state index contributed by atoms with van der Waals surface area (Å²) in [6, 6.07) is 8.87. The Labute approximate surface area is 188 Å². The van der Waals surface area contributed by atoms with Crippen LogP contribution < -0.4 is 0 Å². The average Bonchev–Trinajstić information content (AvgIpc) is 2.79. The lowest BCUT2D eigenvalue weighted by Crippen LogP contribution is -2.44. The predicted octanol–water partition coefficient (Wildman–Crippen LogP) is 2.97. The van der Waals surface area contributed by atoms with Gasteiger partial charge in [0, 0.05) is 44.6 Å². The first-order valence-corrected chi connectivity index (χ1v) is 11.9. The highest BCUT2D eigenvalue weighted by Gasteiger charge is 2.25. The Morgan fingerprint density at radius 2 is 1.90 bits per heavy atom. The standard InChI is InChI=1S/C26H39N3O2/c1-27-17-14-25(15-18-27)28(2)26(31)13-12-23-7-5-16-29(20-23)21-24-10-8-22(9-11-24)6-3-4-19-30/h8-11,23,25,30H,4-5,7,12-21H2,1-2H3. The van der Waals surface area contributed by atoms with Crippen LogP contribution in [0.15, 0.2) is 24.3 Å². The zero-order chi connectivity index (χ0) is 22.1. The van der Waals surface area contributed by atoms with Crippen LogP contribution in [0, 0.1) is 17.8 Å². The highest BCUT2D eigenvalue weighted by molar-refractivity contribution is 5.76. The summed E-state index contributed by atoms with van der Waals surface area (Å²) >= 11 is 0. The Balaban J connectivity index is 1.42. The summed E-state index contributed by atoms with van der Waals surface area (Å²) in [5.41, 5.74) is 2.31. The largest absolute Gasteiger partial charge is 0.395 e. The molecule has 0 aliphatic carbocycles. The summed E-state index contributed by atoms with van der Waals surface area (Å²) in [5.74, 6) is 6.99. The quantitative estimate of drug-likeness (QED) is 0.683. The number of piperidine rings is 2. The predicted molar refractivity (Wildman–Crippen MR) is 126 cm³/mol. The van der Waals surface area contributed by atoms with Gasteiger partial charge in [-0.2, -0.15) is 0 Å². The third kappa shape index (κ3) is 7.64. The van der Waals surface area contributed by atoms with Gasteiger partial charge in [-0.05, 0) is 82.4 Å². The number of carbonyl (C=O) groups is 1. The Kier molecular flexibility index (Phi) is 9.39. The van der Waals surface area contributed by atoms with Crippen LogP contribution in [0.3, 0.4) is 0 Å². The Morgan fingerprint density at radius 3 is 2.61 bits per heavy atom. The maximum Gasteiger partial charge on any atom is 0.222 e. The summed E-state index contributed by atoms with van der Waals surface area (Å²) in [6.07, 6.45) is 6.86. The van der Waals surface area contributed by atoms with E-state index in [4.69, 9.17) is 5.11 Å². The second-order valence-corrected chi connectivity index (χ2v) is 9.29. The minimum absolute atomic E-state index is 0.112. The monoisotopic (exact) mass is 425 g/mol. The van der Waals surface area contributed by atoms with Gasteiger partial charge in [0.1, 0.15) is 0 Å². The van der Waals surface area contributed by atoms with Gasteiger partial charge < -0.3 is 14.9 Å². The zero-order valence-corrected chi connectivity index (χ0v) is 19.4. The second kappa shape index (κ2) is 12.2. The van der Waals surface area contributed by atoms with Gasteiger partial charge in [0.25, 0.3) is 0 Å². The molecule has 0 saturated carbocycles. The Hall–Kier alpha value is -1.87. The summed E-state index contributed by atoms with van der Waals surface area (Å²) in [6.45, 7) is 5.49. The van der Waals surface area contributed by atoms with E-state index in [1.54, 1.807) is 0 Å². The molecule has 0 radical (unpaired) electrons. The minimum atomic E-state index is 0.112. The van der Waals surface area contributed by atoms with Crippen LogP contribution in [-0.2, 0) is 11.3 Å². The molecule has 1 aromatic carbocycles. The molecule has 2 fully saturated rings. The third-order valence-corrected chi connectivity index (χ3v) is 6.83. The maximum atomic E-state index is 12.7. The van der Waals surface area contributed by atoms with Crippen LogP contribution in [0.25, 0.3) is 0 Å². The SMILES string of the molecule is CN1CCC(N(C)C(=O)CCC2CCCN(Cc3ccc(C#CCCO)cc3)C2)CC1. The molecule has 2 heterocycles. The van der Waals surface area contributed by atoms with Crippen LogP contribution in [0.1, 0.15) is 56.1 Å². The molecule has 2 saturated heterocycles. The molecule has 1 amide bonds. The van der Waals surface area contributed by atoms with Gasteiger partial charge >= 0.3 is 0 Å². The smallest absolute Gasteiger partial charge is 0.222 e. The van der Waals surface area contributed by atoms with Crippen molar-refractivity contribution in [2.24, 2.45) is 5.92 Å². The van der Waals surface area contributed by atoms with E-state index in [2.05, 4.69) is 53.0 Å². The highest BCUT2D eigenvalue weighted by Crippen LogP contribution is 2.24. The molecule has 31 heavy (non-hydrogen) atoms. The lowest BCUT2D eigenvalue weighted by atomic mass is 9.92. The Morgan fingerprint density at radius 1 is 1.16 bits per heavy atom. The van der Waals surface area contributed by atoms with Crippen LogP contribution in [0.4, 0.5) is 0 Å². The van der Waals surface area contributed by atoms with Crippen molar-refractivity contribution in [2.45, 2.75) is 57.5 Å². The number of likely N-dealkylation sites (tertiary alicyclic amines) is 2. The van der Waals surface area contributed by atoms with Crippen molar-refractivity contribution in [3.63, 3.8) is 0 Å². The maximum absolute atomic E-state index is 12.7. The van der Waals surface area contributed by atoms with Crippen molar-refractivity contribution in [1.29, 1.82) is 0 Å². The van der Waals surface area contributed by atoms with Crippen LogP contribution >= 0.6 is 0 Å². The first-order chi connectivity index (χ1) is 15.0. The van der Waals surface area contributed by atoms with Gasteiger partial charge in [0.05, 0.1) is 6.61 Å². The van der Waals surface area contributed by atoms with Gasteiger partial charge in [-0.3, -0.25) is 9.69 Å². The first kappa shape index (κ1) is 23.8. The number of nitrogens with zero attached hydrogens (tertiary/aromatic N) is 3. The molecule has 3 rings (SSSR count). The molecular formula is C26H39N3O2. The summed E-state index contributed by atoms with van der Waals surface area (Å²) in [5, 5.41) is 8.83. The number of aliphatic hydroxyl groups excluding tert-OH is 1. The number of hydrogen-bond donors (Lipinski definition) is 1. The molecular weight excluding hydrogens is 386 g/mol. The molecule has 0 spiro atoms. The summed E-state index contributed by atoms with van der Waals surface area (Å²) in [4.78, 5) is 19.6. The van der Waals surface area contributed by atoms with Crippen molar-refractivity contribution >= 4 is 5.91 Å². The van der Waals surface area contributed by atoms with E-state index in [0.29, 0.717) is 30.7 Å². The Bertz CT molecular complexity index is 744. The van der Waals surface area contributed by atoms with E-state index in [9.17, 15) is 4.79 Å². The summed E-state index contributed by atoms with van der Waals surface area (Å²) < 4.78 is 0. The van der Waals surface area contributed by atoms with Crippen molar-refractivity contribution in [3.8, 4) is 11.8 Å². The molecule has 1 N–H and O–H groups in total. The molecule has 2 aliphatic rings. The van der Waals surface area contributed by atoms with E-state index in [-0.39, 0.29) is 6.61 Å². The third-order valence-electron chi connectivity index (χ3n) is 6.83. The van der Waals surface area contributed by atoms with Crippen molar-refractivity contribution < 1.29 is 9.90 Å². The highest BCUT2D eigenvalue weighted by atomic mass is 16.2. The molecule has 0 aromatic heterocycles. The van der Waals surface area contributed by atoms with E-state index < -0.39 is 0 Å². The summed E-state index contributed by atoms with van der Waals surface area (Å²) in [7, 11) is 4.16. The van der Waals surface area contributed by atoms with Gasteiger partial charge in [-0.1, -0.05) is 24.0 Å². The molecule has 5 nitrogen and oxygen atoms in total. The molecule has 5 heteroatoms. The number of hydrogen-bond acceptors (Lipinski definition) is 4.